The van der Waals surface area contributed by atoms with Gasteiger partial charge in [0.25, 0.3) is 0 Å². The van der Waals surface area contributed by atoms with Crippen LogP contribution in [0.25, 0.3) is 0 Å². The van der Waals surface area contributed by atoms with E-state index < -0.39 is 24.1 Å². The van der Waals surface area contributed by atoms with Crippen LogP contribution < -0.4 is 0 Å². The molecule has 88 valence electrons. The molecule has 1 unspecified atom stereocenters. The summed E-state index contributed by atoms with van der Waals surface area (Å²) in [7, 11) is 0. The summed E-state index contributed by atoms with van der Waals surface area (Å²) in [6.07, 6.45) is -4.11. The Bertz CT molecular complexity index is 254. The van der Waals surface area contributed by atoms with Crippen molar-refractivity contribution in [3.05, 3.63) is 0 Å². The maximum absolute atomic E-state index is 12.0. The maximum Gasteiger partial charge on any atom is 0.390 e. The Kier molecular flexibility index (Phi) is 3.28. The van der Waals surface area contributed by atoms with Gasteiger partial charge in [-0.25, -0.2) is 0 Å². The van der Waals surface area contributed by atoms with Crippen molar-refractivity contribution in [1.82, 2.24) is 4.90 Å². The SMILES string of the molecule is CC1(C(=O)O)CCCN1CCC(F)(F)F. The fraction of sp³-hybridized carbons (Fsp3) is 0.889. The molecule has 1 heterocycles. The molecule has 0 aliphatic carbocycles. The Labute approximate surface area is 85.9 Å². The summed E-state index contributed by atoms with van der Waals surface area (Å²) >= 11 is 0. The van der Waals surface area contributed by atoms with E-state index in [4.69, 9.17) is 5.11 Å². The number of aliphatic carboxylic acids is 1. The quantitative estimate of drug-likeness (QED) is 0.797. The Morgan fingerprint density at radius 2 is 2.13 bits per heavy atom. The van der Waals surface area contributed by atoms with Crippen LogP contribution in [0.1, 0.15) is 26.2 Å². The molecule has 1 aliphatic heterocycles. The van der Waals surface area contributed by atoms with Crippen molar-refractivity contribution >= 4 is 5.97 Å². The second-order valence-corrected chi connectivity index (χ2v) is 4.03. The first-order valence-electron chi connectivity index (χ1n) is 4.81. The van der Waals surface area contributed by atoms with E-state index in [0.717, 1.165) is 0 Å². The van der Waals surface area contributed by atoms with Crippen LogP contribution in [0.2, 0.25) is 0 Å². The van der Waals surface area contributed by atoms with E-state index in [9.17, 15) is 18.0 Å². The smallest absolute Gasteiger partial charge is 0.390 e. The van der Waals surface area contributed by atoms with Crippen molar-refractivity contribution in [1.29, 1.82) is 0 Å². The minimum absolute atomic E-state index is 0.230. The molecule has 0 radical (unpaired) electrons. The second kappa shape index (κ2) is 4.00. The molecule has 1 fully saturated rings. The number of nitrogens with zero attached hydrogens (tertiary/aromatic N) is 1. The molecule has 3 nitrogen and oxygen atoms in total. The Balaban J connectivity index is 2.58. The lowest BCUT2D eigenvalue weighted by Crippen LogP contribution is -2.48. The van der Waals surface area contributed by atoms with Gasteiger partial charge >= 0.3 is 12.1 Å². The molecule has 15 heavy (non-hydrogen) atoms. The number of likely N-dealkylation sites (tertiary alicyclic amines) is 1. The number of hydrogen-bond donors (Lipinski definition) is 1. The zero-order chi connectivity index (χ0) is 11.7. The zero-order valence-electron chi connectivity index (χ0n) is 8.47. The summed E-state index contributed by atoms with van der Waals surface area (Å²) in [5, 5.41) is 8.95. The van der Waals surface area contributed by atoms with E-state index in [2.05, 4.69) is 0 Å². The third-order valence-electron chi connectivity index (χ3n) is 2.92. The van der Waals surface area contributed by atoms with Gasteiger partial charge in [-0.05, 0) is 26.3 Å². The monoisotopic (exact) mass is 225 g/mol. The van der Waals surface area contributed by atoms with Crippen LogP contribution >= 0.6 is 0 Å². The van der Waals surface area contributed by atoms with E-state index in [1.165, 1.54) is 11.8 Å². The highest BCUT2D eigenvalue weighted by Gasteiger charge is 2.44. The first-order valence-corrected chi connectivity index (χ1v) is 4.81. The zero-order valence-corrected chi connectivity index (χ0v) is 8.47. The number of carbonyl (C=O) groups is 1. The first-order chi connectivity index (χ1) is 6.76. The van der Waals surface area contributed by atoms with Crippen LogP contribution in [0.3, 0.4) is 0 Å². The third-order valence-corrected chi connectivity index (χ3v) is 2.92. The Morgan fingerprint density at radius 3 is 2.60 bits per heavy atom. The third kappa shape index (κ3) is 2.84. The van der Waals surface area contributed by atoms with Crippen molar-refractivity contribution in [3.8, 4) is 0 Å². The lowest BCUT2D eigenvalue weighted by Gasteiger charge is -2.31. The maximum atomic E-state index is 12.0. The highest BCUT2D eigenvalue weighted by atomic mass is 19.4. The summed E-state index contributed by atoms with van der Waals surface area (Å²) in [6.45, 7) is 1.68. The van der Waals surface area contributed by atoms with Gasteiger partial charge in [-0.15, -0.1) is 0 Å². The van der Waals surface area contributed by atoms with Crippen LogP contribution in [0.4, 0.5) is 13.2 Å². The number of hydrogen-bond acceptors (Lipinski definition) is 2. The van der Waals surface area contributed by atoms with Crippen molar-refractivity contribution in [2.45, 2.75) is 37.9 Å². The molecule has 0 bridgehead atoms. The van der Waals surface area contributed by atoms with Gasteiger partial charge in [0.15, 0.2) is 0 Å². The molecule has 0 spiro atoms. The standard InChI is InChI=1S/C9H14F3NO2/c1-8(7(14)15)3-2-5-13(8)6-4-9(10,11)12/h2-6H2,1H3,(H,14,15). The summed E-state index contributed by atoms with van der Waals surface area (Å²) in [5.41, 5.74) is -1.12. The second-order valence-electron chi connectivity index (χ2n) is 4.03. The number of rotatable bonds is 3. The normalized spacial score (nSPS) is 28.3. The molecule has 0 aromatic heterocycles. The van der Waals surface area contributed by atoms with E-state index >= 15 is 0 Å². The van der Waals surface area contributed by atoms with Gasteiger partial charge in [0.2, 0.25) is 0 Å². The average molecular weight is 225 g/mol. The summed E-state index contributed by atoms with van der Waals surface area (Å²) in [4.78, 5) is 12.3. The molecule has 0 aromatic carbocycles. The van der Waals surface area contributed by atoms with Crippen LogP contribution in [0, 0.1) is 0 Å². The molecule has 1 rings (SSSR count). The molecule has 1 saturated heterocycles. The predicted octanol–water partition coefficient (Wildman–Crippen LogP) is 1.88. The number of carboxylic acids is 1. The predicted molar refractivity (Wildman–Crippen MR) is 47.5 cm³/mol. The largest absolute Gasteiger partial charge is 0.480 e. The molecular formula is C9H14F3NO2. The Hall–Kier alpha value is -0.780. The van der Waals surface area contributed by atoms with Crippen LogP contribution in [-0.4, -0.2) is 40.8 Å². The lowest BCUT2D eigenvalue weighted by atomic mass is 9.99. The fourth-order valence-electron chi connectivity index (χ4n) is 1.88. The molecule has 1 atom stereocenters. The van der Waals surface area contributed by atoms with E-state index in [1.807, 2.05) is 0 Å². The summed E-state index contributed by atoms with van der Waals surface area (Å²) < 4.78 is 36.0. The molecule has 0 amide bonds. The molecular weight excluding hydrogens is 211 g/mol. The van der Waals surface area contributed by atoms with Gasteiger partial charge in [0.1, 0.15) is 5.54 Å². The minimum Gasteiger partial charge on any atom is -0.480 e. The van der Waals surface area contributed by atoms with Gasteiger partial charge in [-0.2, -0.15) is 13.2 Å². The number of carboxylic acid groups (broad SMARTS) is 1. The highest BCUT2D eigenvalue weighted by Crippen LogP contribution is 2.31. The van der Waals surface area contributed by atoms with Gasteiger partial charge in [0, 0.05) is 6.54 Å². The molecule has 1 aliphatic rings. The summed E-state index contributed by atoms with van der Waals surface area (Å²) in [5.74, 6) is -1.04. The molecule has 0 aromatic rings. The van der Waals surface area contributed by atoms with Crippen molar-refractivity contribution in [2.75, 3.05) is 13.1 Å². The van der Waals surface area contributed by atoms with Crippen molar-refractivity contribution in [2.24, 2.45) is 0 Å². The lowest BCUT2D eigenvalue weighted by molar-refractivity contribution is -0.155. The molecule has 0 saturated carbocycles. The van der Waals surface area contributed by atoms with Crippen LogP contribution in [0.15, 0.2) is 0 Å². The topological polar surface area (TPSA) is 40.5 Å². The first kappa shape index (κ1) is 12.3. The van der Waals surface area contributed by atoms with E-state index in [1.54, 1.807) is 0 Å². The van der Waals surface area contributed by atoms with E-state index in [-0.39, 0.29) is 6.54 Å². The van der Waals surface area contributed by atoms with Gasteiger partial charge < -0.3 is 5.11 Å². The molecule has 6 heteroatoms. The van der Waals surface area contributed by atoms with Crippen molar-refractivity contribution in [3.63, 3.8) is 0 Å². The summed E-state index contributed by atoms with van der Waals surface area (Å²) in [6, 6.07) is 0. The Morgan fingerprint density at radius 1 is 1.53 bits per heavy atom. The van der Waals surface area contributed by atoms with Gasteiger partial charge in [0.05, 0.1) is 6.42 Å². The van der Waals surface area contributed by atoms with Gasteiger partial charge in [-0.1, -0.05) is 0 Å². The average Bonchev–Trinajstić information content (AvgIpc) is 2.44. The van der Waals surface area contributed by atoms with Crippen LogP contribution in [-0.2, 0) is 4.79 Å². The van der Waals surface area contributed by atoms with Gasteiger partial charge in [-0.3, -0.25) is 9.69 Å². The fourth-order valence-corrected chi connectivity index (χ4v) is 1.88. The van der Waals surface area contributed by atoms with E-state index in [0.29, 0.717) is 19.4 Å². The molecule has 1 N–H and O–H groups in total. The number of alkyl halides is 3. The minimum atomic E-state index is -4.22. The van der Waals surface area contributed by atoms with Crippen LogP contribution in [0.5, 0.6) is 0 Å². The number of halogens is 3. The highest BCUT2D eigenvalue weighted by molar-refractivity contribution is 5.78. The van der Waals surface area contributed by atoms with Crippen molar-refractivity contribution < 1.29 is 23.1 Å².